The number of ether oxygens (including phenoxy) is 2. The van der Waals surface area contributed by atoms with E-state index in [0.29, 0.717) is 33.9 Å². The van der Waals surface area contributed by atoms with E-state index in [1.54, 1.807) is 0 Å². The number of nitrogens with one attached hydrogen (secondary N) is 1. The van der Waals surface area contributed by atoms with Crippen molar-refractivity contribution in [2.24, 2.45) is 0 Å². The molecular weight excluding hydrogens is 371 g/mol. The number of aromatic nitrogens is 2. The molecule has 0 fully saturated rings. The number of hydrogen-bond acceptors (Lipinski definition) is 4. The van der Waals surface area contributed by atoms with Crippen molar-refractivity contribution in [1.29, 1.82) is 0 Å². The van der Waals surface area contributed by atoms with Crippen LogP contribution in [0.15, 0.2) is 29.1 Å². The number of benzene rings is 1. The average Bonchev–Trinajstić information content (AvgIpc) is 2.49. The molecule has 2 heterocycles. The number of nitrogens with zero attached hydrogens (tertiary/aromatic N) is 1. The molecule has 1 unspecified atom stereocenters. The summed E-state index contributed by atoms with van der Waals surface area (Å²) in [5.74, 6) is 1.90. The summed E-state index contributed by atoms with van der Waals surface area (Å²) >= 11 is 2.01. The summed E-state index contributed by atoms with van der Waals surface area (Å²) in [6.45, 7) is 2.31. The number of para-hydroxylation sites is 2. The van der Waals surface area contributed by atoms with E-state index >= 15 is 0 Å². The zero-order valence-electron chi connectivity index (χ0n) is 10.9. The summed E-state index contributed by atoms with van der Waals surface area (Å²) in [4.78, 5) is 19.2. The second kappa shape index (κ2) is 5.43. The lowest BCUT2D eigenvalue weighted by atomic mass is 10.2. The first kappa shape index (κ1) is 13.4. The normalized spacial score (nSPS) is 17.0. The maximum atomic E-state index is 11.9. The Balaban J connectivity index is 1.96. The monoisotopic (exact) mass is 384 g/mol. The lowest BCUT2D eigenvalue weighted by Gasteiger charge is -2.25. The van der Waals surface area contributed by atoms with Crippen LogP contribution < -0.4 is 15.0 Å². The van der Waals surface area contributed by atoms with Gasteiger partial charge in [0.2, 0.25) is 0 Å². The van der Waals surface area contributed by atoms with Crippen LogP contribution in [-0.2, 0) is 6.42 Å². The predicted octanol–water partition coefficient (Wildman–Crippen LogP) is 2.45. The third-order valence-electron chi connectivity index (χ3n) is 3.10. The number of hydrogen-bond donors (Lipinski definition) is 1. The van der Waals surface area contributed by atoms with Gasteiger partial charge in [0.05, 0.1) is 9.26 Å². The molecule has 1 atom stereocenters. The Bertz CT molecular complexity index is 699. The number of rotatable bonds is 2. The van der Waals surface area contributed by atoms with Crippen LogP contribution in [0.25, 0.3) is 0 Å². The fourth-order valence-corrected chi connectivity index (χ4v) is 2.70. The van der Waals surface area contributed by atoms with Crippen LogP contribution in [0.2, 0.25) is 0 Å². The summed E-state index contributed by atoms with van der Waals surface area (Å²) in [5, 5.41) is 0. The van der Waals surface area contributed by atoms with Gasteiger partial charge >= 0.3 is 0 Å². The molecule has 0 aliphatic carbocycles. The van der Waals surface area contributed by atoms with E-state index in [-0.39, 0.29) is 11.7 Å². The third-order valence-corrected chi connectivity index (χ3v) is 4.21. The first-order valence-electron chi connectivity index (χ1n) is 6.36. The molecule has 0 spiro atoms. The van der Waals surface area contributed by atoms with E-state index in [9.17, 15) is 4.79 Å². The Morgan fingerprint density at radius 2 is 2.15 bits per heavy atom. The van der Waals surface area contributed by atoms with Crippen LogP contribution in [0, 0.1) is 3.57 Å². The highest BCUT2D eigenvalue weighted by Gasteiger charge is 2.25. The number of aryl methyl sites for hydroxylation is 1. The molecule has 3 rings (SSSR count). The van der Waals surface area contributed by atoms with Crippen molar-refractivity contribution in [1.82, 2.24) is 9.97 Å². The molecule has 6 heteroatoms. The molecule has 5 nitrogen and oxygen atoms in total. The number of fused-ring (bicyclic) bond motifs is 1. The van der Waals surface area contributed by atoms with Gasteiger partial charge in [-0.3, -0.25) is 4.79 Å². The third kappa shape index (κ3) is 2.39. The Morgan fingerprint density at radius 3 is 2.90 bits per heavy atom. The van der Waals surface area contributed by atoms with Gasteiger partial charge in [-0.1, -0.05) is 19.1 Å². The van der Waals surface area contributed by atoms with E-state index in [2.05, 4.69) is 9.97 Å². The van der Waals surface area contributed by atoms with Crippen LogP contribution in [0.1, 0.15) is 24.5 Å². The molecule has 0 saturated heterocycles. The number of aromatic amines is 1. The summed E-state index contributed by atoms with van der Waals surface area (Å²) in [6.07, 6.45) is 0.319. The Kier molecular flexibility index (Phi) is 3.64. The summed E-state index contributed by atoms with van der Waals surface area (Å²) < 4.78 is 12.1. The van der Waals surface area contributed by atoms with Crippen molar-refractivity contribution in [3.05, 3.63) is 49.7 Å². The first-order valence-corrected chi connectivity index (χ1v) is 7.44. The molecule has 1 N–H and O–H groups in total. The van der Waals surface area contributed by atoms with Crippen molar-refractivity contribution >= 4 is 22.6 Å². The summed E-state index contributed by atoms with van der Waals surface area (Å²) in [5.41, 5.74) is 0.654. The maximum absolute atomic E-state index is 11.9. The standard InChI is InChI=1S/C14H13IN2O3/c1-2-8-12(15)14(18)17-13(16-8)11-7-19-9-5-3-4-6-10(9)20-11/h3-6,11H,2,7H2,1H3,(H,16,17,18). The Labute approximate surface area is 129 Å². The molecule has 1 aromatic heterocycles. The molecule has 0 radical (unpaired) electrons. The zero-order chi connectivity index (χ0) is 14.1. The quantitative estimate of drug-likeness (QED) is 0.809. The van der Waals surface area contributed by atoms with Gasteiger partial charge in [-0.15, -0.1) is 0 Å². The van der Waals surface area contributed by atoms with Crippen LogP contribution >= 0.6 is 22.6 Å². The number of H-pyrrole nitrogens is 1. The predicted molar refractivity (Wildman–Crippen MR) is 82.3 cm³/mol. The van der Waals surface area contributed by atoms with Crippen LogP contribution in [-0.4, -0.2) is 16.6 Å². The second-order valence-corrected chi connectivity index (χ2v) is 5.51. The molecule has 0 amide bonds. The molecule has 1 aliphatic heterocycles. The van der Waals surface area contributed by atoms with Gasteiger partial charge in [-0.25, -0.2) is 4.98 Å². The first-order chi connectivity index (χ1) is 9.69. The van der Waals surface area contributed by atoms with Crippen molar-refractivity contribution in [2.75, 3.05) is 6.61 Å². The van der Waals surface area contributed by atoms with Crippen LogP contribution in [0.4, 0.5) is 0 Å². The highest BCUT2D eigenvalue weighted by Crippen LogP contribution is 2.34. The number of halogens is 1. The lowest BCUT2D eigenvalue weighted by Crippen LogP contribution is -2.27. The Morgan fingerprint density at radius 1 is 1.40 bits per heavy atom. The second-order valence-electron chi connectivity index (χ2n) is 4.43. The molecule has 2 aromatic rings. The minimum atomic E-state index is -0.389. The summed E-state index contributed by atoms with van der Waals surface area (Å²) in [7, 11) is 0. The minimum absolute atomic E-state index is 0.130. The van der Waals surface area contributed by atoms with Gasteiger partial charge in [0.25, 0.3) is 5.56 Å². The Hall–Kier alpha value is -1.57. The van der Waals surface area contributed by atoms with E-state index in [0.717, 1.165) is 5.69 Å². The molecule has 1 aromatic carbocycles. The largest absolute Gasteiger partial charge is 0.485 e. The van der Waals surface area contributed by atoms with E-state index < -0.39 is 0 Å². The molecule has 104 valence electrons. The van der Waals surface area contributed by atoms with Crippen molar-refractivity contribution in [2.45, 2.75) is 19.4 Å². The topological polar surface area (TPSA) is 64.2 Å². The van der Waals surface area contributed by atoms with Crippen LogP contribution in [0.5, 0.6) is 11.5 Å². The highest BCUT2D eigenvalue weighted by atomic mass is 127. The maximum Gasteiger partial charge on any atom is 0.264 e. The van der Waals surface area contributed by atoms with Gasteiger partial charge in [0.1, 0.15) is 6.61 Å². The van der Waals surface area contributed by atoms with E-state index in [1.165, 1.54) is 0 Å². The molecule has 20 heavy (non-hydrogen) atoms. The van der Waals surface area contributed by atoms with Crippen LogP contribution in [0.3, 0.4) is 0 Å². The highest BCUT2D eigenvalue weighted by molar-refractivity contribution is 14.1. The SMILES string of the molecule is CCc1nc(C2COc3ccccc3O2)[nH]c(=O)c1I. The van der Waals surface area contributed by atoms with Gasteiger partial charge in [0, 0.05) is 0 Å². The fourth-order valence-electron chi connectivity index (χ4n) is 2.07. The van der Waals surface area contributed by atoms with E-state index in [1.807, 2.05) is 53.8 Å². The van der Waals surface area contributed by atoms with E-state index in [4.69, 9.17) is 9.47 Å². The fraction of sp³-hybridized carbons (Fsp3) is 0.286. The zero-order valence-corrected chi connectivity index (χ0v) is 13.0. The average molecular weight is 384 g/mol. The molecular formula is C14H13IN2O3. The van der Waals surface area contributed by atoms with Crippen molar-refractivity contribution < 1.29 is 9.47 Å². The molecule has 0 bridgehead atoms. The minimum Gasteiger partial charge on any atom is -0.485 e. The van der Waals surface area contributed by atoms with Gasteiger partial charge in [0.15, 0.2) is 23.4 Å². The molecule has 1 aliphatic rings. The lowest BCUT2D eigenvalue weighted by molar-refractivity contribution is 0.0846. The molecule has 0 saturated carbocycles. The van der Waals surface area contributed by atoms with Gasteiger partial charge in [-0.05, 0) is 41.1 Å². The van der Waals surface area contributed by atoms with Gasteiger partial charge in [-0.2, -0.15) is 0 Å². The smallest absolute Gasteiger partial charge is 0.264 e. The van der Waals surface area contributed by atoms with Crippen molar-refractivity contribution in [3.63, 3.8) is 0 Å². The van der Waals surface area contributed by atoms with Gasteiger partial charge < -0.3 is 14.5 Å². The summed E-state index contributed by atoms with van der Waals surface area (Å²) in [6, 6.07) is 7.47. The van der Waals surface area contributed by atoms with Crippen molar-refractivity contribution in [3.8, 4) is 11.5 Å².